The molecule has 1 aliphatic rings. The van der Waals surface area contributed by atoms with Crippen LogP contribution >= 0.6 is 0 Å². The molecule has 3 aromatic rings. The molecule has 4 rings (SSSR count). The van der Waals surface area contributed by atoms with Crippen molar-refractivity contribution < 1.29 is 9.66 Å². The number of nitro groups is 1. The van der Waals surface area contributed by atoms with E-state index in [1.165, 1.54) is 12.1 Å². The zero-order chi connectivity index (χ0) is 20.5. The summed E-state index contributed by atoms with van der Waals surface area (Å²) in [6, 6.07) is 18.1. The lowest BCUT2D eigenvalue weighted by Gasteiger charge is -2.24. The number of benzene rings is 2. The Morgan fingerprint density at radius 3 is 2.72 bits per heavy atom. The Morgan fingerprint density at radius 2 is 2.03 bits per heavy atom. The standard InChI is InChI=1S/C21H17N5O3/c1-13-18-19(15-8-5-9-16(10-15)26(27)28)17(11-22)20(23)29-21(18)25(24-13)12-14-6-3-2-4-7-14/h2-10,19H,12,23H2,1H3. The van der Waals surface area contributed by atoms with Gasteiger partial charge in [-0.15, -0.1) is 0 Å². The minimum Gasteiger partial charge on any atom is -0.422 e. The zero-order valence-electron chi connectivity index (χ0n) is 15.6. The number of nitro benzene ring substituents is 1. The van der Waals surface area contributed by atoms with Gasteiger partial charge in [-0.3, -0.25) is 10.1 Å². The molecule has 2 N–H and O–H groups in total. The summed E-state index contributed by atoms with van der Waals surface area (Å²) in [5.41, 5.74) is 9.19. The van der Waals surface area contributed by atoms with Gasteiger partial charge in [0.1, 0.15) is 11.6 Å². The smallest absolute Gasteiger partial charge is 0.269 e. The Bertz CT molecular complexity index is 1170. The van der Waals surface area contributed by atoms with E-state index >= 15 is 0 Å². The number of nitrogens with two attached hydrogens (primary N) is 1. The van der Waals surface area contributed by atoms with E-state index in [2.05, 4.69) is 11.2 Å². The van der Waals surface area contributed by atoms with E-state index in [1.807, 2.05) is 37.3 Å². The minimum absolute atomic E-state index is 0.0225. The number of rotatable bonds is 4. The number of aryl methyl sites for hydroxylation is 1. The molecule has 0 aliphatic carbocycles. The van der Waals surface area contributed by atoms with Gasteiger partial charge < -0.3 is 10.5 Å². The van der Waals surface area contributed by atoms with Gasteiger partial charge in [-0.2, -0.15) is 10.4 Å². The maximum atomic E-state index is 11.2. The molecule has 1 aliphatic heterocycles. The third-order valence-electron chi connectivity index (χ3n) is 4.88. The molecule has 1 unspecified atom stereocenters. The number of non-ortho nitro benzene ring substituents is 1. The van der Waals surface area contributed by atoms with Gasteiger partial charge in [0.25, 0.3) is 5.69 Å². The Morgan fingerprint density at radius 1 is 1.28 bits per heavy atom. The second-order valence-corrected chi connectivity index (χ2v) is 6.72. The van der Waals surface area contributed by atoms with Crippen molar-refractivity contribution in [1.82, 2.24) is 9.78 Å². The van der Waals surface area contributed by atoms with Crippen LogP contribution in [0.25, 0.3) is 0 Å². The molecule has 0 spiro atoms. The van der Waals surface area contributed by atoms with Crippen molar-refractivity contribution >= 4 is 5.69 Å². The van der Waals surface area contributed by atoms with Crippen molar-refractivity contribution in [3.05, 3.63) is 98.6 Å². The Kier molecular flexibility index (Phi) is 4.49. The van der Waals surface area contributed by atoms with Crippen molar-refractivity contribution in [2.24, 2.45) is 5.73 Å². The molecule has 2 aromatic carbocycles. The van der Waals surface area contributed by atoms with Crippen molar-refractivity contribution in [2.45, 2.75) is 19.4 Å². The van der Waals surface area contributed by atoms with E-state index in [1.54, 1.807) is 16.8 Å². The number of allylic oxidation sites excluding steroid dienone is 1. The van der Waals surface area contributed by atoms with Crippen LogP contribution in [0, 0.1) is 28.4 Å². The second kappa shape index (κ2) is 7.13. The summed E-state index contributed by atoms with van der Waals surface area (Å²) < 4.78 is 7.49. The molecule has 8 heteroatoms. The van der Waals surface area contributed by atoms with Crippen LogP contribution in [0.5, 0.6) is 5.88 Å². The normalized spacial score (nSPS) is 15.4. The van der Waals surface area contributed by atoms with Crippen molar-refractivity contribution in [3.8, 4) is 11.9 Å². The molecular weight excluding hydrogens is 370 g/mol. The lowest BCUT2D eigenvalue weighted by molar-refractivity contribution is -0.384. The summed E-state index contributed by atoms with van der Waals surface area (Å²) in [6.07, 6.45) is 0. The maximum Gasteiger partial charge on any atom is 0.269 e. The molecule has 0 saturated carbocycles. The molecule has 144 valence electrons. The van der Waals surface area contributed by atoms with E-state index in [4.69, 9.17) is 10.5 Å². The molecule has 2 heterocycles. The molecule has 0 saturated heterocycles. The number of hydrogen-bond donors (Lipinski definition) is 1. The number of nitriles is 1. The predicted molar refractivity (Wildman–Crippen MR) is 105 cm³/mol. The van der Waals surface area contributed by atoms with Crippen LogP contribution in [0.4, 0.5) is 5.69 Å². The third kappa shape index (κ3) is 3.19. The van der Waals surface area contributed by atoms with Crippen LogP contribution in [0.1, 0.15) is 28.3 Å². The summed E-state index contributed by atoms with van der Waals surface area (Å²) in [6.45, 7) is 2.29. The predicted octanol–water partition coefficient (Wildman–Crippen LogP) is 3.37. The fraction of sp³-hybridized carbons (Fsp3) is 0.143. The highest BCUT2D eigenvalue weighted by atomic mass is 16.6. The summed E-state index contributed by atoms with van der Waals surface area (Å²) in [4.78, 5) is 10.8. The van der Waals surface area contributed by atoms with Gasteiger partial charge in [0.05, 0.1) is 28.6 Å². The molecule has 1 aromatic heterocycles. The number of aromatic nitrogens is 2. The summed E-state index contributed by atoms with van der Waals surface area (Å²) in [5, 5.41) is 25.5. The summed E-state index contributed by atoms with van der Waals surface area (Å²) >= 11 is 0. The number of nitrogens with zero attached hydrogens (tertiary/aromatic N) is 4. The first kappa shape index (κ1) is 18.3. The fourth-order valence-electron chi connectivity index (χ4n) is 3.59. The largest absolute Gasteiger partial charge is 0.422 e. The van der Waals surface area contributed by atoms with E-state index in [0.717, 1.165) is 5.56 Å². The van der Waals surface area contributed by atoms with E-state index < -0.39 is 10.8 Å². The number of hydrogen-bond acceptors (Lipinski definition) is 6. The Balaban J connectivity index is 1.86. The first-order chi connectivity index (χ1) is 14.0. The number of ether oxygens (including phenoxy) is 1. The average Bonchev–Trinajstić information content (AvgIpc) is 3.02. The topological polar surface area (TPSA) is 120 Å². The van der Waals surface area contributed by atoms with Crippen LogP contribution in [0.3, 0.4) is 0 Å². The van der Waals surface area contributed by atoms with Crippen molar-refractivity contribution in [2.75, 3.05) is 0 Å². The lowest BCUT2D eigenvalue weighted by Crippen LogP contribution is -2.22. The number of fused-ring (bicyclic) bond motifs is 1. The molecule has 29 heavy (non-hydrogen) atoms. The van der Waals surface area contributed by atoms with Crippen LogP contribution in [-0.4, -0.2) is 14.7 Å². The van der Waals surface area contributed by atoms with Gasteiger partial charge in [0.15, 0.2) is 0 Å². The van der Waals surface area contributed by atoms with Gasteiger partial charge in [-0.1, -0.05) is 42.5 Å². The van der Waals surface area contributed by atoms with Gasteiger partial charge >= 0.3 is 0 Å². The van der Waals surface area contributed by atoms with Gasteiger partial charge in [0, 0.05) is 12.1 Å². The first-order valence-electron chi connectivity index (χ1n) is 8.92. The molecular formula is C21H17N5O3. The van der Waals surface area contributed by atoms with Crippen molar-refractivity contribution in [1.29, 1.82) is 5.26 Å². The van der Waals surface area contributed by atoms with Crippen LogP contribution in [0.2, 0.25) is 0 Å². The molecule has 0 fully saturated rings. The highest BCUT2D eigenvalue weighted by Crippen LogP contribution is 2.44. The van der Waals surface area contributed by atoms with E-state index in [0.29, 0.717) is 29.2 Å². The monoisotopic (exact) mass is 387 g/mol. The van der Waals surface area contributed by atoms with Crippen molar-refractivity contribution in [3.63, 3.8) is 0 Å². The lowest BCUT2D eigenvalue weighted by atomic mass is 9.84. The van der Waals surface area contributed by atoms with Gasteiger partial charge in [-0.05, 0) is 18.1 Å². The third-order valence-corrected chi connectivity index (χ3v) is 4.88. The van der Waals surface area contributed by atoms with Gasteiger partial charge in [-0.25, -0.2) is 4.68 Å². The molecule has 0 bridgehead atoms. The second-order valence-electron chi connectivity index (χ2n) is 6.72. The van der Waals surface area contributed by atoms with Crippen LogP contribution in [0.15, 0.2) is 66.1 Å². The Labute approximate surface area is 166 Å². The Hall–Kier alpha value is -4.12. The highest BCUT2D eigenvalue weighted by Gasteiger charge is 2.36. The highest BCUT2D eigenvalue weighted by molar-refractivity contribution is 5.56. The SMILES string of the molecule is Cc1nn(Cc2ccccc2)c2c1C(c1cccc([N+](=O)[O-])c1)C(C#N)=C(N)O2. The van der Waals surface area contributed by atoms with E-state index in [-0.39, 0.29) is 17.1 Å². The average molecular weight is 387 g/mol. The molecule has 1 atom stereocenters. The minimum atomic E-state index is -0.590. The van der Waals surface area contributed by atoms with E-state index in [9.17, 15) is 15.4 Å². The summed E-state index contributed by atoms with van der Waals surface area (Å²) in [7, 11) is 0. The molecule has 0 amide bonds. The fourth-order valence-corrected chi connectivity index (χ4v) is 3.59. The maximum absolute atomic E-state index is 11.2. The van der Waals surface area contributed by atoms with Crippen LogP contribution < -0.4 is 10.5 Å². The van der Waals surface area contributed by atoms with Gasteiger partial charge in [0.2, 0.25) is 11.8 Å². The quantitative estimate of drug-likeness (QED) is 0.541. The zero-order valence-corrected chi connectivity index (χ0v) is 15.6. The summed E-state index contributed by atoms with van der Waals surface area (Å²) in [5.74, 6) is -0.168. The molecule has 8 nitrogen and oxygen atoms in total. The molecule has 0 radical (unpaired) electrons. The van der Waals surface area contributed by atoms with Crippen LogP contribution in [-0.2, 0) is 6.54 Å². The first-order valence-corrected chi connectivity index (χ1v) is 8.92.